The lowest BCUT2D eigenvalue weighted by Gasteiger charge is -2.10. The highest BCUT2D eigenvalue weighted by molar-refractivity contribution is 9.10. The minimum absolute atomic E-state index is 0.205. The number of hydrogen-bond donors (Lipinski definition) is 2. The molecule has 2 aromatic heterocycles. The third-order valence-corrected chi connectivity index (χ3v) is 3.92. The van der Waals surface area contributed by atoms with Gasteiger partial charge in [-0.3, -0.25) is 0 Å². The van der Waals surface area contributed by atoms with Gasteiger partial charge in [-0.15, -0.1) is 0 Å². The van der Waals surface area contributed by atoms with E-state index in [0.717, 1.165) is 17.4 Å². The Balaban J connectivity index is 1.76. The van der Waals surface area contributed by atoms with E-state index >= 15 is 0 Å². The van der Waals surface area contributed by atoms with E-state index < -0.39 is 0 Å². The number of nitrogens with zero attached hydrogens (tertiary/aromatic N) is 2. The second-order valence-electron chi connectivity index (χ2n) is 4.73. The van der Waals surface area contributed by atoms with E-state index in [0.29, 0.717) is 17.3 Å². The number of halogens is 1. The molecule has 0 aliphatic rings. The van der Waals surface area contributed by atoms with Crippen LogP contribution in [-0.2, 0) is 6.42 Å². The first-order chi connectivity index (χ1) is 10.7. The summed E-state index contributed by atoms with van der Waals surface area (Å²) >= 11 is 3.52. The predicted molar refractivity (Wildman–Crippen MR) is 90.5 cm³/mol. The van der Waals surface area contributed by atoms with Crippen molar-refractivity contribution in [3.63, 3.8) is 0 Å². The highest BCUT2D eigenvalue weighted by atomic mass is 79.9. The SMILES string of the molecule is Nc1nc(NCCc2ccccc2)c(Br)c(-c2ccco2)n1. The van der Waals surface area contributed by atoms with Crippen molar-refractivity contribution >= 4 is 27.7 Å². The van der Waals surface area contributed by atoms with Crippen LogP contribution in [0.25, 0.3) is 11.5 Å². The molecule has 0 fully saturated rings. The van der Waals surface area contributed by atoms with Crippen LogP contribution in [0, 0.1) is 0 Å². The molecule has 5 nitrogen and oxygen atoms in total. The van der Waals surface area contributed by atoms with Crippen molar-refractivity contribution in [3.05, 3.63) is 58.8 Å². The molecular formula is C16H15BrN4O. The fraction of sp³-hybridized carbons (Fsp3) is 0.125. The molecule has 0 aliphatic heterocycles. The van der Waals surface area contributed by atoms with Gasteiger partial charge in [0.1, 0.15) is 11.5 Å². The van der Waals surface area contributed by atoms with Gasteiger partial charge in [-0.1, -0.05) is 30.3 Å². The highest BCUT2D eigenvalue weighted by Gasteiger charge is 2.14. The van der Waals surface area contributed by atoms with Gasteiger partial charge in [0.15, 0.2) is 5.76 Å². The number of benzene rings is 1. The maximum absolute atomic E-state index is 5.79. The number of hydrogen-bond acceptors (Lipinski definition) is 5. The molecule has 0 radical (unpaired) electrons. The van der Waals surface area contributed by atoms with Crippen molar-refractivity contribution < 1.29 is 4.42 Å². The Labute approximate surface area is 136 Å². The number of nitrogens with one attached hydrogen (secondary N) is 1. The summed E-state index contributed by atoms with van der Waals surface area (Å²) in [6.07, 6.45) is 2.50. The summed E-state index contributed by atoms with van der Waals surface area (Å²) < 4.78 is 6.12. The van der Waals surface area contributed by atoms with E-state index in [1.807, 2.05) is 30.3 Å². The Kier molecular flexibility index (Phi) is 4.39. The lowest BCUT2D eigenvalue weighted by atomic mass is 10.1. The summed E-state index contributed by atoms with van der Waals surface area (Å²) in [6.45, 7) is 0.747. The predicted octanol–water partition coefficient (Wildman–Crippen LogP) is 3.74. The largest absolute Gasteiger partial charge is 0.463 e. The van der Waals surface area contributed by atoms with Crippen LogP contribution in [0.4, 0.5) is 11.8 Å². The van der Waals surface area contributed by atoms with Gasteiger partial charge in [-0.05, 0) is 40.0 Å². The second kappa shape index (κ2) is 6.62. The topological polar surface area (TPSA) is 77.0 Å². The molecule has 0 aliphatic carbocycles. The molecule has 2 heterocycles. The molecule has 0 bridgehead atoms. The van der Waals surface area contributed by atoms with Crippen molar-refractivity contribution in [2.24, 2.45) is 0 Å². The van der Waals surface area contributed by atoms with Gasteiger partial charge in [0.05, 0.1) is 10.7 Å². The summed E-state index contributed by atoms with van der Waals surface area (Å²) in [5.74, 6) is 1.51. The third-order valence-electron chi connectivity index (χ3n) is 3.17. The first-order valence-corrected chi connectivity index (χ1v) is 7.68. The van der Waals surface area contributed by atoms with Gasteiger partial charge in [0.2, 0.25) is 5.95 Å². The van der Waals surface area contributed by atoms with E-state index in [1.165, 1.54) is 5.56 Å². The maximum Gasteiger partial charge on any atom is 0.222 e. The van der Waals surface area contributed by atoms with Gasteiger partial charge in [-0.2, -0.15) is 4.98 Å². The monoisotopic (exact) mass is 358 g/mol. The van der Waals surface area contributed by atoms with Crippen LogP contribution in [-0.4, -0.2) is 16.5 Å². The molecule has 22 heavy (non-hydrogen) atoms. The molecule has 0 saturated carbocycles. The van der Waals surface area contributed by atoms with Crippen molar-refractivity contribution in [2.45, 2.75) is 6.42 Å². The number of nitrogen functional groups attached to an aromatic ring is 1. The van der Waals surface area contributed by atoms with Crippen LogP contribution >= 0.6 is 15.9 Å². The summed E-state index contributed by atoms with van der Waals surface area (Å²) in [6, 6.07) is 13.9. The zero-order valence-corrected chi connectivity index (χ0v) is 13.4. The van der Waals surface area contributed by atoms with Gasteiger partial charge in [-0.25, -0.2) is 4.98 Å². The second-order valence-corrected chi connectivity index (χ2v) is 5.53. The zero-order chi connectivity index (χ0) is 15.4. The number of aromatic nitrogens is 2. The average Bonchev–Trinajstić information content (AvgIpc) is 3.05. The lowest BCUT2D eigenvalue weighted by Crippen LogP contribution is -2.09. The third kappa shape index (κ3) is 3.28. The summed E-state index contributed by atoms with van der Waals surface area (Å²) in [5, 5.41) is 3.28. The maximum atomic E-state index is 5.79. The minimum atomic E-state index is 0.205. The van der Waals surface area contributed by atoms with E-state index in [2.05, 4.69) is 43.3 Å². The molecule has 112 valence electrons. The first-order valence-electron chi connectivity index (χ1n) is 6.89. The van der Waals surface area contributed by atoms with Crippen molar-refractivity contribution in [1.82, 2.24) is 9.97 Å². The van der Waals surface area contributed by atoms with Crippen LogP contribution in [0.1, 0.15) is 5.56 Å². The Morgan fingerprint density at radius 1 is 1.09 bits per heavy atom. The number of nitrogens with two attached hydrogens (primary N) is 1. The Hall–Kier alpha value is -2.34. The summed E-state index contributed by atoms with van der Waals surface area (Å²) in [7, 11) is 0. The highest BCUT2D eigenvalue weighted by Crippen LogP contribution is 2.32. The smallest absolute Gasteiger partial charge is 0.222 e. The van der Waals surface area contributed by atoms with Crippen LogP contribution in [0.2, 0.25) is 0 Å². The van der Waals surface area contributed by atoms with E-state index in [-0.39, 0.29) is 5.95 Å². The molecule has 0 atom stereocenters. The fourth-order valence-corrected chi connectivity index (χ4v) is 2.64. The van der Waals surface area contributed by atoms with E-state index in [1.54, 1.807) is 6.26 Å². The fourth-order valence-electron chi connectivity index (χ4n) is 2.13. The molecule has 0 saturated heterocycles. The normalized spacial score (nSPS) is 10.6. The summed E-state index contributed by atoms with van der Waals surface area (Å²) in [5.41, 5.74) is 7.69. The van der Waals surface area contributed by atoms with E-state index in [9.17, 15) is 0 Å². The molecular weight excluding hydrogens is 344 g/mol. The summed E-state index contributed by atoms with van der Waals surface area (Å²) in [4.78, 5) is 8.47. The Morgan fingerprint density at radius 3 is 2.64 bits per heavy atom. The van der Waals surface area contributed by atoms with Crippen LogP contribution in [0.5, 0.6) is 0 Å². The van der Waals surface area contributed by atoms with Crippen LogP contribution in [0.3, 0.4) is 0 Å². The quantitative estimate of drug-likeness (QED) is 0.726. The van der Waals surface area contributed by atoms with Crippen molar-refractivity contribution in [2.75, 3.05) is 17.6 Å². The molecule has 3 rings (SSSR count). The minimum Gasteiger partial charge on any atom is -0.463 e. The van der Waals surface area contributed by atoms with Gasteiger partial charge < -0.3 is 15.5 Å². The van der Waals surface area contributed by atoms with Gasteiger partial charge in [0.25, 0.3) is 0 Å². The zero-order valence-electron chi connectivity index (χ0n) is 11.8. The van der Waals surface area contributed by atoms with E-state index in [4.69, 9.17) is 10.2 Å². The lowest BCUT2D eigenvalue weighted by molar-refractivity contribution is 0.579. The Morgan fingerprint density at radius 2 is 1.91 bits per heavy atom. The molecule has 0 amide bonds. The molecule has 0 spiro atoms. The Bertz CT molecular complexity index is 744. The van der Waals surface area contributed by atoms with Crippen molar-refractivity contribution in [3.8, 4) is 11.5 Å². The molecule has 0 unspecified atom stereocenters. The molecule has 6 heteroatoms. The molecule has 3 aromatic rings. The standard InChI is InChI=1S/C16H15BrN4O/c17-13-14(12-7-4-10-22-12)20-16(18)21-15(13)19-9-8-11-5-2-1-3-6-11/h1-7,10H,8-9H2,(H3,18,19,20,21). The molecule has 3 N–H and O–H groups in total. The van der Waals surface area contributed by atoms with Gasteiger partial charge >= 0.3 is 0 Å². The van der Waals surface area contributed by atoms with Crippen LogP contribution in [0.15, 0.2) is 57.6 Å². The average molecular weight is 359 g/mol. The van der Waals surface area contributed by atoms with Crippen molar-refractivity contribution in [1.29, 1.82) is 0 Å². The van der Waals surface area contributed by atoms with Gasteiger partial charge in [0, 0.05) is 6.54 Å². The first kappa shape index (κ1) is 14.6. The number of anilines is 2. The number of rotatable bonds is 5. The van der Waals surface area contributed by atoms with Crippen LogP contribution < -0.4 is 11.1 Å². The molecule has 1 aromatic carbocycles. The number of furan rings is 1.